The highest BCUT2D eigenvalue weighted by Crippen LogP contribution is 2.22. The molecule has 1 amide bonds. The predicted octanol–water partition coefficient (Wildman–Crippen LogP) is 3.30. The van der Waals surface area contributed by atoms with Crippen LogP contribution in [0.15, 0.2) is 47.4 Å². The van der Waals surface area contributed by atoms with Crippen LogP contribution in [-0.2, 0) is 14.8 Å². The number of nitrogens with zero attached hydrogens (tertiary/aromatic N) is 1. The third-order valence-corrected chi connectivity index (χ3v) is 5.88. The molecule has 8 heteroatoms. The second-order valence-electron chi connectivity index (χ2n) is 4.78. The van der Waals surface area contributed by atoms with Crippen molar-refractivity contribution in [2.24, 2.45) is 0 Å². The molecular weight excluding hydrogens is 356 g/mol. The Morgan fingerprint density at radius 2 is 2.00 bits per heavy atom. The summed E-state index contributed by atoms with van der Waals surface area (Å²) in [6, 6.07) is 9.66. The normalized spacial score (nSPS) is 12.0. The smallest absolute Gasteiger partial charge is 0.248 e. The number of carbonyl (C=O) groups excluding carboxylic acids is 1. The van der Waals surface area contributed by atoms with E-state index in [-0.39, 0.29) is 10.8 Å². The van der Waals surface area contributed by atoms with Crippen molar-refractivity contribution in [3.05, 3.63) is 51.7 Å². The van der Waals surface area contributed by atoms with Crippen LogP contribution in [0, 0.1) is 0 Å². The quantitative estimate of drug-likeness (QED) is 0.821. The Bertz CT molecular complexity index is 842. The molecule has 1 N–H and O–H groups in total. The van der Waals surface area contributed by atoms with Gasteiger partial charge in [-0.3, -0.25) is 4.79 Å². The standard InChI is InChI=1S/C15H15ClN2O3S2/c1-18(2)23(20,21)13-5-3-4-11(10-13)17-15(19)9-7-12-6-8-14(16)22-12/h3-10H,1-2H3,(H,17,19). The number of anilines is 1. The van der Waals surface area contributed by atoms with Crippen molar-refractivity contribution < 1.29 is 13.2 Å². The second kappa shape index (κ2) is 7.27. The summed E-state index contributed by atoms with van der Waals surface area (Å²) in [6.45, 7) is 0. The third kappa shape index (κ3) is 4.65. The maximum Gasteiger partial charge on any atom is 0.248 e. The molecule has 23 heavy (non-hydrogen) atoms. The molecule has 1 aromatic carbocycles. The lowest BCUT2D eigenvalue weighted by molar-refractivity contribution is -0.111. The fraction of sp³-hybridized carbons (Fsp3) is 0.133. The first-order valence-corrected chi connectivity index (χ1v) is 9.19. The van der Waals surface area contributed by atoms with Crippen LogP contribution in [0.5, 0.6) is 0 Å². The Morgan fingerprint density at radius 3 is 2.61 bits per heavy atom. The Morgan fingerprint density at radius 1 is 1.26 bits per heavy atom. The molecule has 0 saturated carbocycles. The Labute approximate surface area is 144 Å². The van der Waals surface area contributed by atoms with Gasteiger partial charge in [0.25, 0.3) is 0 Å². The monoisotopic (exact) mass is 370 g/mol. The number of benzene rings is 1. The fourth-order valence-corrected chi connectivity index (χ4v) is 3.62. The maximum absolute atomic E-state index is 12.1. The van der Waals surface area contributed by atoms with Gasteiger partial charge in [-0.05, 0) is 36.4 Å². The molecule has 1 aromatic heterocycles. The summed E-state index contributed by atoms with van der Waals surface area (Å²) in [6.07, 6.45) is 3.02. The summed E-state index contributed by atoms with van der Waals surface area (Å²) in [5.41, 5.74) is 0.409. The van der Waals surface area contributed by atoms with E-state index in [2.05, 4.69) is 5.32 Å². The van der Waals surface area contributed by atoms with E-state index < -0.39 is 10.0 Å². The number of rotatable bonds is 5. The number of nitrogens with one attached hydrogen (secondary N) is 1. The first-order chi connectivity index (χ1) is 10.8. The van der Waals surface area contributed by atoms with Crippen LogP contribution in [0.4, 0.5) is 5.69 Å². The Kier molecular flexibility index (Phi) is 5.59. The molecule has 0 saturated heterocycles. The first kappa shape index (κ1) is 17.7. The van der Waals surface area contributed by atoms with Crippen LogP contribution in [0.1, 0.15) is 4.88 Å². The summed E-state index contributed by atoms with van der Waals surface area (Å²) in [4.78, 5) is 12.9. The molecule has 0 aliphatic carbocycles. The van der Waals surface area contributed by atoms with Crippen molar-refractivity contribution in [3.8, 4) is 0 Å². The fourth-order valence-electron chi connectivity index (χ4n) is 1.70. The van der Waals surface area contributed by atoms with Crippen LogP contribution < -0.4 is 5.32 Å². The molecule has 0 radical (unpaired) electrons. The van der Waals surface area contributed by atoms with E-state index in [9.17, 15) is 13.2 Å². The largest absolute Gasteiger partial charge is 0.322 e. The molecule has 0 fully saturated rings. The van der Waals surface area contributed by atoms with Gasteiger partial charge in [0.1, 0.15) is 0 Å². The summed E-state index contributed by atoms with van der Waals surface area (Å²) >= 11 is 7.17. The number of hydrogen-bond acceptors (Lipinski definition) is 4. The zero-order valence-electron chi connectivity index (χ0n) is 12.5. The van der Waals surface area contributed by atoms with Crippen LogP contribution in [-0.4, -0.2) is 32.7 Å². The highest BCUT2D eigenvalue weighted by Gasteiger charge is 2.17. The van der Waals surface area contributed by atoms with Crippen molar-refractivity contribution >= 4 is 50.6 Å². The van der Waals surface area contributed by atoms with Crippen molar-refractivity contribution in [1.82, 2.24) is 4.31 Å². The van der Waals surface area contributed by atoms with E-state index in [0.717, 1.165) is 9.18 Å². The number of sulfonamides is 1. The van der Waals surface area contributed by atoms with Crippen molar-refractivity contribution in [3.63, 3.8) is 0 Å². The molecule has 0 bridgehead atoms. The summed E-state index contributed by atoms with van der Waals surface area (Å²) in [5.74, 6) is -0.353. The molecule has 0 spiro atoms. The van der Waals surface area contributed by atoms with Crippen LogP contribution in [0.2, 0.25) is 4.34 Å². The van der Waals surface area contributed by atoms with Crippen LogP contribution in [0.25, 0.3) is 6.08 Å². The van der Waals surface area contributed by atoms with E-state index in [1.54, 1.807) is 30.3 Å². The number of carbonyl (C=O) groups is 1. The van der Waals surface area contributed by atoms with E-state index in [4.69, 9.17) is 11.6 Å². The lowest BCUT2D eigenvalue weighted by atomic mass is 10.3. The Hall–Kier alpha value is -1.67. The third-order valence-electron chi connectivity index (χ3n) is 2.87. The molecular formula is C15H15ClN2O3S2. The first-order valence-electron chi connectivity index (χ1n) is 6.56. The summed E-state index contributed by atoms with van der Waals surface area (Å²) in [7, 11) is -0.629. The van der Waals surface area contributed by atoms with Gasteiger partial charge in [0, 0.05) is 30.7 Å². The molecule has 2 rings (SSSR count). The SMILES string of the molecule is CN(C)S(=O)(=O)c1cccc(NC(=O)C=Cc2ccc(Cl)s2)c1. The number of amides is 1. The van der Waals surface area contributed by atoms with Crippen molar-refractivity contribution in [1.29, 1.82) is 0 Å². The average molecular weight is 371 g/mol. The molecule has 2 aromatic rings. The van der Waals surface area contributed by atoms with Gasteiger partial charge in [-0.15, -0.1) is 11.3 Å². The van der Waals surface area contributed by atoms with E-state index in [1.807, 2.05) is 0 Å². The lowest BCUT2D eigenvalue weighted by Gasteiger charge is -2.12. The topological polar surface area (TPSA) is 66.5 Å². The van der Waals surface area contributed by atoms with E-state index in [0.29, 0.717) is 10.0 Å². The average Bonchev–Trinajstić information content (AvgIpc) is 2.91. The van der Waals surface area contributed by atoms with Gasteiger partial charge in [-0.2, -0.15) is 0 Å². The van der Waals surface area contributed by atoms with Gasteiger partial charge >= 0.3 is 0 Å². The Balaban J connectivity index is 2.11. The number of halogens is 1. The van der Waals surface area contributed by atoms with E-state index in [1.165, 1.54) is 43.6 Å². The zero-order chi connectivity index (χ0) is 17.0. The maximum atomic E-state index is 12.1. The predicted molar refractivity (Wildman–Crippen MR) is 94.3 cm³/mol. The molecule has 5 nitrogen and oxygen atoms in total. The van der Waals surface area contributed by atoms with E-state index >= 15 is 0 Å². The minimum Gasteiger partial charge on any atom is -0.322 e. The molecule has 0 aliphatic rings. The highest BCUT2D eigenvalue weighted by molar-refractivity contribution is 7.89. The van der Waals surface area contributed by atoms with Crippen LogP contribution >= 0.6 is 22.9 Å². The van der Waals surface area contributed by atoms with Gasteiger partial charge < -0.3 is 5.32 Å². The van der Waals surface area contributed by atoms with Gasteiger partial charge in [0.2, 0.25) is 15.9 Å². The van der Waals surface area contributed by atoms with Crippen molar-refractivity contribution in [2.75, 3.05) is 19.4 Å². The summed E-state index contributed by atoms with van der Waals surface area (Å²) < 4.78 is 25.9. The second-order valence-corrected chi connectivity index (χ2v) is 8.68. The van der Waals surface area contributed by atoms with Gasteiger partial charge in [0.15, 0.2) is 0 Å². The lowest BCUT2D eigenvalue weighted by Crippen LogP contribution is -2.22. The molecule has 122 valence electrons. The molecule has 1 heterocycles. The highest BCUT2D eigenvalue weighted by atomic mass is 35.5. The minimum atomic E-state index is -3.54. The number of thiophene rings is 1. The number of hydrogen-bond donors (Lipinski definition) is 1. The summed E-state index contributed by atoms with van der Waals surface area (Å²) in [5, 5.41) is 2.63. The zero-order valence-corrected chi connectivity index (χ0v) is 14.9. The van der Waals surface area contributed by atoms with Gasteiger partial charge in [0.05, 0.1) is 9.23 Å². The van der Waals surface area contributed by atoms with Crippen LogP contribution in [0.3, 0.4) is 0 Å². The molecule has 0 aliphatic heterocycles. The van der Waals surface area contributed by atoms with Gasteiger partial charge in [-0.25, -0.2) is 12.7 Å². The molecule has 0 atom stereocenters. The van der Waals surface area contributed by atoms with Gasteiger partial charge in [-0.1, -0.05) is 17.7 Å². The minimum absolute atomic E-state index is 0.120. The van der Waals surface area contributed by atoms with Crippen molar-refractivity contribution in [2.45, 2.75) is 4.90 Å². The molecule has 0 unspecified atom stereocenters.